The molecule has 2 unspecified atom stereocenters. The third-order valence-corrected chi connectivity index (χ3v) is 4.05. The van der Waals surface area contributed by atoms with Gasteiger partial charge in [-0.3, -0.25) is 4.79 Å². The van der Waals surface area contributed by atoms with Gasteiger partial charge in [-0.25, -0.2) is 0 Å². The van der Waals surface area contributed by atoms with Crippen LogP contribution >= 0.6 is 12.4 Å². The number of carbonyl (C=O) groups excluding carboxylic acids is 1. The molecule has 0 aromatic heterocycles. The van der Waals surface area contributed by atoms with E-state index in [9.17, 15) is 4.79 Å². The van der Waals surface area contributed by atoms with Crippen LogP contribution in [0.2, 0.25) is 0 Å². The van der Waals surface area contributed by atoms with Crippen LogP contribution in [0.25, 0.3) is 0 Å². The van der Waals surface area contributed by atoms with Crippen LogP contribution in [0, 0.1) is 0 Å². The van der Waals surface area contributed by atoms with Crippen molar-refractivity contribution in [2.24, 2.45) is 0 Å². The molecule has 0 spiro atoms. The maximum absolute atomic E-state index is 12.2. The Morgan fingerprint density at radius 1 is 1.27 bits per heavy atom. The summed E-state index contributed by atoms with van der Waals surface area (Å²) in [5.74, 6) is 1.62. The summed E-state index contributed by atoms with van der Waals surface area (Å²) < 4.78 is 11.1. The second-order valence-corrected chi connectivity index (χ2v) is 5.64. The number of hydrogen-bond acceptors (Lipinski definition) is 4. The van der Waals surface area contributed by atoms with Gasteiger partial charge in [0.25, 0.3) is 0 Å². The van der Waals surface area contributed by atoms with Crippen molar-refractivity contribution < 1.29 is 14.3 Å². The lowest BCUT2D eigenvalue weighted by Crippen LogP contribution is -2.47. The van der Waals surface area contributed by atoms with E-state index in [0.717, 1.165) is 42.9 Å². The molecule has 2 aliphatic heterocycles. The average Bonchev–Trinajstić information content (AvgIpc) is 2.55. The molecule has 0 bridgehead atoms. The van der Waals surface area contributed by atoms with E-state index in [-0.39, 0.29) is 30.4 Å². The SMILES string of the molecule is CC(NC(=O)C1CCCCN1)c1ccc2c(c1)OCCO2.Cl. The van der Waals surface area contributed by atoms with Crippen molar-refractivity contribution in [1.29, 1.82) is 0 Å². The topological polar surface area (TPSA) is 59.6 Å². The van der Waals surface area contributed by atoms with Crippen LogP contribution in [0.3, 0.4) is 0 Å². The third-order valence-electron chi connectivity index (χ3n) is 4.05. The van der Waals surface area contributed by atoms with Gasteiger partial charge in [0.2, 0.25) is 5.91 Å². The lowest BCUT2D eigenvalue weighted by atomic mass is 10.0. The Balaban J connectivity index is 0.00000176. The van der Waals surface area contributed by atoms with E-state index in [4.69, 9.17) is 9.47 Å². The van der Waals surface area contributed by atoms with Crippen LogP contribution in [0.5, 0.6) is 11.5 Å². The summed E-state index contributed by atoms with van der Waals surface area (Å²) in [7, 11) is 0. The van der Waals surface area contributed by atoms with Gasteiger partial charge in [0.15, 0.2) is 11.5 Å². The molecule has 2 N–H and O–H groups in total. The number of rotatable bonds is 3. The molecule has 0 aliphatic carbocycles. The number of fused-ring (bicyclic) bond motifs is 1. The molecule has 1 fully saturated rings. The molecule has 1 saturated heterocycles. The fraction of sp³-hybridized carbons (Fsp3) is 0.562. The quantitative estimate of drug-likeness (QED) is 0.894. The first-order valence-electron chi connectivity index (χ1n) is 7.67. The fourth-order valence-corrected chi connectivity index (χ4v) is 2.80. The van der Waals surface area contributed by atoms with Crippen molar-refractivity contribution in [3.63, 3.8) is 0 Å². The third kappa shape index (κ3) is 3.84. The zero-order chi connectivity index (χ0) is 14.7. The van der Waals surface area contributed by atoms with Crippen LogP contribution in [0.4, 0.5) is 0 Å². The summed E-state index contributed by atoms with van der Waals surface area (Å²) in [6.07, 6.45) is 3.19. The van der Waals surface area contributed by atoms with Crippen LogP contribution in [-0.4, -0.2) is 31.7 Å². The Hall–Kier alpha value is -1.46. The Kier molecular flexibility index (Phi) is 5.91. The number of halogens is 1. The summed E-state index contributed by atoms with van der Waals surface area (Å²) in [4.78, 5) is 12.2. The lowest BCUT2D eigenvalue weighted by Gasteiger charge is -2.25. The van der Waals surface area contributed by atoms with Gasteiger partial charge in [-0.15, -0.1) is 12.4 Å². The second kappa shape index (κ2) is 7.70. The molecular weight excluding hydrogens is 304 g/mol. The van der Waals surface area contributed by atoms with Crippen LogP contribution in [0.1, 0.15) is 37.8 Å². The molecular formula is C16H23ClN2O3. The van der Waals surface area contributed by atoms with E-state index < -0.39 is 0 Å². The van der Waals surface area contributed by atoms with E-state index in [1.54, 1.807) is 0 Å². The molecule has 1 amide bonds. The maximum atomic E-state index is 12.2. The maximum Gasteiger partial charge on any atom is 0.237 e. The second-order valence-electron chi connectivity index (χ2n) is 5.64. The number of piperidine rings is 1. The molecule has 2 aliphatic rings. The molecule has 2 atom stereocenters. The highest BCUT2D eigenvalue weighted by Gasteiger charge is 2.22. The van der Waals surface area contributed by atoms with Crippen molar-refractivity contribution in [3.8, 4) is 11.5 Å². The summed E-state index contributed by atoms with van der Waals surface area (Å²) >= 11 is 0. The predicted molar refractivity (Wildman–Crippen MR) is 86.9 cm³/mol. The zero-order valence-corrected chi connectivity index (χ0v) is 13.6. The Morgan fingerprint density at radius 3 is 2.77 bits per heavy atom. The monoisotopic (exact) mass is 326 g/mol. The van der Waals surface area contributed by atoms with Gasteiger partial charge in [0.1, 0.15) is 13.2 Å². The van der Waals surface area contributed by atoms with Crippen LogP contribution in [0.15, 0.2) is 18.2 Å². The molecule has 6 heteroatoms. The highest BCUT2D eigenvalue weighted by molar-refractivity contribution is 5.85. The zero-order valence-electron chi connectivity index (χ0n) is 12.8. The number of ether oxygens (including phenoxy) is 2. The van der Waals surface area contributed by atoms with Crippen molar-refractivity contribution in [3.05, 3.63) is 23.8 Å². The fourth-order valence-electron chi connectivity index (χ4n) is 2.80. The Morgan fingerprint density at radius 2 is 2.05 bits per heavy atom. The first kappa shape index (κ1) is 16.9. The molecule has 3 rings (SSSR count). The van der Waals surface area contributed by atoms with Gasteiger partial charge in [-0.1, -0.05) is 12.5 Å². The summed E-state index contributed by atoms with van der Waals surface area (Å²) in [6.45, 7) is 4.08. The molecule has 0 saturated carbocycles. The summed E-state index contributed by atoms with van der Waals surface area (Å²) in [5.41, 5.74) is 1.03. The number of benzene rings is 1. The highest BCUT2D eigenvalue weighted by Crippen LogP contribution is 2.32. The first-order valence-corrected chi connectivity index (χ1v) is 7.67. The van der Waals surface area contributed by atoms with Gasteiger partial charge in [-0.05, 0) is 44.0 Å². The van der Waals surface area contributed by atoms with Crippen molar-refractivity contribution >= 4 is 18.3 Å². The van der Waals surface area contributed by atoms with Crippen molar-refractivity contribution in [2.45, 2.75) is 38.3 Å². The standard InChI is InChI=1S/C16H22N2O3.ClH/c1-11(18-16(19)13-4-2-3-7-17-13)12-5-6-14-15(10-12)21-9-8-20-14;/h5-6,10-11,13,17H,2-4,7-9H2,1H3,(H,18,19);1H. The molecule has 0 radical (unpaired) electrons. The largest absolute Gasteiger partial charge is 0.486 e. The van der Waals surface area contributed by atoms with Gasteiger partial charge < -0.3 is 20.1 Å². The summed E-state index contributed by atoms with van der Waals surface area (Å²) in [6, 6.07) is 5.74. The van der Waals surface area contributed by atoms with E-state index in [2.05, 4.69) is 10.6 Å². The average molecular weight is 327 g/mol. The van der Waals surface area contributed by atoms with E-state index in [0.29, 0.717) is 13.2 Å². The van der Waals surface area contributed by atoms with Crippen molar-refractivity contribution in [2.75, 3.05) is 19.8 Å². The van der Waals surface area contributed by atoms with E-state index in [1.165, 1.54) is 0 Å². The Bertz CT molecular complexity index is 518. The lowest BCUT2D eigenvalue weighted by molar-refractivity contribution is -0.124. The first-order chi connectivity index (χ1) is 10.2. The number of hydrogen-bond donors (Lipinski definition) is 2. The minimum absolute atomic E-state index is 0. The molecule has 1 aromatic rings. The highest BCUT2D eigenvalue weighted by atomic mass is 35.5. The molecule has 1 aromatic carbocycles. The minimum atomic E-state index is -0.0570. The van der Waals surface area contributed by atoms with Crippen molar-refractivity contribution in [1.82, 2.24) is 10.6 Å². The Labute approximate surface area is 137 Å². The summed E-state index contributed by atoms with van der Waals surface area (Å²) in [5, 5.41) is 6.34. The number of nitrogens with one attached hydrogen (secondary N) is 2. The van der Waals surface area contributed by atoms with Crippen LogP contribution in [-0.2, 0) is 4.79 Å². The molecule has 5 nitrogen and oxygen atoms in total. The smallest absolute Gasteiger partial charge is 0.237 e. The van der Waals surface area contributed by atoms with Gasteiger partial charge >= 0.3 is 0 Å². The predicted octanol–water partition coefficient (Wildman–Crippen LogP) is 2.20. The van der Waals surface area contributed by atoms with E-state index in [1.807, 2.05) is 25.1 Å². The molecule has 2 heterocycles. The normalized spacial score (nSPS) is 21.4. The minimum Gasteiger partial charge on any atom is -0.486 e. The van der Waals surface area contributed by atoms with Gasteiger partial charge in [0.05, 0.1) is 12.1 Å². The van der Waals surface area contributed by atoms with Gasteiger partial charge in [0, 0.05) is 0 Å². The van der Waals surface area contributed by atoms with Crippen LogP contribution < -0.4 is 20.1 Å². The van der Waals surface area contributed by atoms with Gasteiger partial charge in [-0.2, -0.15) is 0 Å². The number of carbonyl (C=O) groups is 1. The molecule has 122 valence electrons. The molecule has 22 heavy (non-hydrogen) atoms. The van der Waals surface area contributed by atoms with E-state index >= 15 is 0 Å². The number of amides is 1.